The molecule has 2 aliphatic heterocycles. The van der Waals surface area contributed by atoms with Gasteiger partial charge in [0.25, 0.3) is 0 Å². The van der Waals surface area contributed by atoms with Crippen LogP contribution >= 0.6 is 0 Å². The number of nitrogens with one attached hydrogen (secondary N) is 1. The molecule has 318 valence electrons. The van der Waals surface area contributed by atoms with Gasteiger partial charge in [-0.05, 0) is 102 Å². The fourth-order valence-corrected chi connectivity index (χ4v) is 11.1. The fourth-order valence-electron chi connectivity index (χ4n) is 11.1. The smallest absolute Gasteiger partial charge is 0.165 e. The van der Waals surface area contributed by atoms with Crippen LogP contribution in [0.4, 0.5) is 0 Å². The molecule has 0 fully saturated rings. The van der Waals surface area contributed by atoms with Crippen molar-refractivity contribution in [3.05, 3.63) is 93.0 Å². The molecule has 0 spiro atoms. The SMILES string of the molecule is CCCCCCn1c2nc3nc(nc4[nH]c(nc5nc(nc1c1ccccc12)-c1c(CC)c(CC)c(CC)c(CC)c1-5)c1c(CC)c(CC)c(CC)c(CC)c41)-c1ccccc1-3. The van der Waals surface area contributed by atoms with E-state index in [1.807, 2.05) is 0 Å². The molecule has 7 aromatic rings. The Kier molecular flexibility index (Phi) is 11.5. The lowest BCUT2D eigenvalue weighted by Gasteiger charge is -2.21. The Balaban J connectivity index is 1.57. The predicted molar refractivity (Wildman–Crippen MR) is 259 cm³/mol. The lowest BCUT2D eigenvalue weighted by molar-refractivity contribution is 0.598. The van der Waals surface area contributed by atoms with Crippen LogP contribution in [-0.2, 0) is 57.9 Å². The van der Waals surface area contributed by atoms with Crippen molar-refractivity contribution in [2.75, 3.05) is 0 Å². The van der Waals surface area contributed by atoms with Crippen LogP contribution in [0.2, 0.25) is 0 Å². The molecule has 0 radical (unpaired) electrons. The van der Waals surface area contributed by atoms with Crippen LogP contribution in [0.3, 0.4) is 0 Å². The number of rotatable bonds is 13. The molecule has 4 aromatic carbocycles. The summed E-state index contributed by atoms with van der Waals surface area (Å²) in [4.78, 5) is 37.4. The minimum absolute atomic E-state index is 0.661. The monoisotopic (exact) mass is 823 g/mol. The van der Waals surface area contributed by atoms with Gasteiger partial charge in [-0.1, -0.05) is 130 Å². The van der Waals surface area contributed by atoms with Crippen LogP contribution in [0.1, 0.15) is 133 Å². The number of nitrogens with zero attached hydrogens (tertiary/aromatic N) is 7. The van der Waals surface area contributed by atoms with Crippen LogP contribution in [0, 0.1) is 0 Å². The Morgan fingerprint density at radius 2 is 0.806 bits per heavy atom. The summed E-state index contributed by atoms with van der Waals surface area (Å²) >= 11 is 0. The van der Waals surface area contributed by atoms with E-state index in [2.05, 4.69) is 120 Å². The fraction of sp³-hybridized carbons (Fsp3) is 0.407. The summed E-state index contributed by atoms with van der Waals surface area (Å²) in [7, 11) is 0. The maximum absolute atomic E-state index is 5.76. The number of aryl methyl sites for hydroxylation is 3. The van der Waals surface area contributed by atoms with Gasteiger partial charge >= 0.3 is 0 Å². The molecule has 0 unspecified atom stereocenters. The first kappa shape index (κ1) is 41.6. The highest BCUT2D eigenvalue weighted by Crippen LogP contribution is 2.45. The van der Waals surface area contributed by atoms with Gasteiger partial charge in [0, 0.05) is 50.3 Å². The van der Waals surface area contributed by atoms with E-state index in [0.29, 0.717) is 11.6 Å². The van der Waals surface area contributed by atoms with Crippen molar-refractivity contribution in [1.82, 2.24) is 39.5 Å². The third-order valence-corrected chi connectivity index (χ3v) is 13.7. The quantitative estimate of drug-likeness (QED) is 0.116. The molecule has 3 aromatic heterocycles. The molecule has 2 aliphatic rings. The normalized spacial score (nSPS) is 12.1. The molecule has 8 nitrogen and oxygen atoms in total. The molecule has 0 saturated heterocycles. The molecule has 62 heavy (non-hydrogen) atoms. The number of aromatic nitrogens is 8. The number of unbranched alkanes of at least 4 members (excludes halogenated alkanes) is 3. The summed E-state index contributed by atoms with van der Waals surface area (Å²) in [5.41, 5.74) is 18.7. The lowest BCUT2D eigenvalue weighted by Crippen LogP contribution is -2.07. The van der Waals surface area contributed by atoms with Crippen molar-refractivity contribution in [2.45, 2.75) is 146 Å². The van der Waals surface area contributed by atoms with E-state index in [0.717, 1.165) is 149 Å². The zero-order valence-electron chi connectivity index (χ0n) is 38.4. The van der Waals surface area contributed by atoms with Crippen molar-refractivity contribution in [3.63, 3.8) is 0 Å². The average molecular weight is 823 g/mol. The average Bonchev–Trinajstić information content (AvgIpc) is 4.03. The zero-order chi connectivity index (χ0) is 43.2. The highest BCUT2D eigenvalue weighted by molar-refractivity contribution is 6.10. The second kappa shape index (κ2) is 17.2. The Morgan fingerprint density at radius 1 is 0.403 bits per heavy atom. The number of hydrogen-bond donors (Lipinski definition) is 1. The third kappa shape index (κ3) is 6.46. The van der Waals surface area contributed by atoms with Crippen molar-refractivity contribution >= 4 is 44.1 Å². The highest BCUT2D eigenvalue weighted by Gasteiger charge is 2.31. The standard InChI is InChI=1S/C54H62N8/c1-10-19-20-25-30-62-53-41-28-23-24-29-42(41)54(62)61-52-46-38(18-9)34(14-5)33(13-4)37(17-8)45(46)51(59-52)58-50-44-36(16-7)32(12-3)31(11-2)35(15-6)43(44)49(57-50)56-47-39-26-21-22-27-40(39)48(55-47)60-53/h21-24,26-29H,10-20,25,30H2,1-9H3,(H,55,56,57,58,59,60,61). The summed E-state index contributed by atoms with van der Waals surface area (Å²) in [6, 6.07) is 17.0. The van der Waals surface area contributed by atoms with E-state index in [-0.39, 0.29) is 0 Å². The van der Waals surface area contributed by atoms with Crippen LogP contribution in [-0.4, -0.2) is 39.5 Å². The first-order valence-corrected chi connectivity index (χ1v) is 23.8. The van der Waals surface area contributed by atoms with Crippen LogP contribution in [0.5, 0.6) is 0 Å². The topological polar surface area (TPSA) is 98.1 Å². The maximum Gasteiger partial charge on any atom is 0.165 e. The summed E-state index contributed by atoms with van der Waals surface area (Å²) in [6.07, 6.45) is 11.9. The van der Waals surface area contributed by atoms with E-state index >= 15 is 0 Å². The summed E-state index contributed by atoms with van der Waals surface area (Å²) in [5.74, 6) is 2.81. The van der Waals surface area contributed by atoms with Gasteiger partial charge < -0.3 is 9.55 Å². The summed E-state index contributed by atoms with van der Waals surface area (Å²) < 4.78 is 2.35. The molecule has 0 atom stereocenters. The minimum Gasteiger partial charge on any atom is -0.324 e. The Bertz CT molecular complexity index is 3060. The van der Waals surface area contributed by atoms with E-state index in [9.17, 15) is 0 Å². The highest BCUT2D eigenvalue weighted by atomic mass is 15.1. The van der Waals surface area contributed by atoms with Crippen molar-refractivity contribution in [2.24, 2.45) is 0 Å². The first-order valence-electron chi connectivity index (χ1n) is 23.8. The molecule has 8 bridgehead atoms. The number of benzene rings is 4. The van der Waals surface area contributed by atoms with Crippen LogP contribution in [0.15, 0.2) is 48.5 Å². The zero-order valence-corrected chi connectivity index (χ0v) is 38.4. The number of H-pyrrole nitrogens is 1. The third-order valence-electron chi connectivity index (χ3n) is 13.7. The number of hydrogen-bond acceptors (Lipinski definition) is 6. The molecular weight excluding hydrogens is 761 g/mol. The summed E-state index contributed by atoms with van der Waals surface area (Å²) in [6.45, 7) is 21.4. The predicted octanol–water partition coefficient (Wildman–Crippen LogP) is 13.4. The van der Waals surface area contributed by atoms with E-state index in [4.69, 9.17) is 29.9 Å². The molecule has 0 saturated carbocycles. The Morgan fingerprint density at radius 3 is 1.29 bits per heavy atom. The van der Waals surface area contributed by atoms with E-state index in [1.165, 1.54) is 57.3 Å². The molecule has 0 amide bonds. The van der Waals surface area contributed by atoms with Gasteiger partial charge in [-0.15, -0.1) is 0 Å². The minimum atomic E-state index is 0.661. The van der Waals surface area contributed by atoms with Gasteiger partial charge in [0.1, 0.15) is 22.6 Å². The maximum atomic E-state index is 5.76. The van der Waals surface area contributed by atoms with Gasteiger partial charge in [0.15, 0.2) is 23.3 Å². The number of fused-ring (bicyclic) bond motifs is 20. The van der Waals surface area contributed by atoms with E-state index < -0.39 is 0 Å². The lowest BCUT2D eigenvalue weighted by atomic mass is 9.83. The van der Waals surface area contributed by atoms with Crippen molar-refractivity contribution in [1.29, 1.82) is 0 Å². The molecule has 8 heteroatoms. The molecule has 1 N–H and O–H groups in total. The molecule has 9 rings (SSSR count). The number of aromatic amines is 1. The van der Waals surface area contributed by atoms with Gasteiger partial charge in [0.05, 0.1) is 0 Å². The Labute approximate surface area is 366 Å². The Hall–Kier alpha value is -5.76. The van der Waals surface area contributed by atoms with Crippen molar-refractivity contribution < 1.29 is 0 Å². The van der Waals surface area contributed by atoms with Gasteiger partial charge in [-0.25, -0.2) is 29.9 Å². The van der Waals surface area contributed by atoms with Crippen LogP contribution in [0.25, 0.3) is 89.7 Å². The van der Waals surface area contributed by atoms with Gasteiger partial charge in [-0.3, -0.25) is 0 Å². The van der Waals surface area contributed by atoms with Crippen LogP contribution < -0.4 is 0 Å². The van der Waals surface area contributed by atoms with Gasteiger partial charge in [0.2, 0.25) is 0 Å². The molecular formula is C54H62N8. The first-order chi connectivity index (χ1) is 30.4. The second-order valence-corrected chi connectivity index (χ2v) is 16.9. The van der Waals surface area contributed by atoms with Gasteiger partial charge in [-0.2, -0.15) is 0 Å². The van der Waals surface area contributed by atoms with E-state index in [1.54, 1.807) is 0 Å². The largest absolute Gasteiger partial charge is 0.324 e. The van der Waals surface area contributed by atoms with Crippen molar-refractivity contribution in [3.8, 4) is 45.6 Å². The summed E-state index contributed by atoms with van der Waals surface area (Å²) in [5, 5.41) is 4.43. The second-order valence-electron chi connectivity index (χ2n) is 16.9. The molecule has 5 heterocycles. The molecule has 0 aliphatic carbocycles.